The molecule has 1 heterocycles. The molecular weight excluding hydrogens is 396 g/mol. The lowest BCUT2D eigenvalue weighted by Crippen LogP contribution is -2.18. The highest BCUT2D eigenvalue weighted by molar-refractivity contribution is 6.32. The molecule has 0 saturated carbocycles. The molecule has 0 atom stereocenters. The second kappa shape index (κ2) is 9.43. The number of halogens is 1. The first-order chi connectivity index (χ1) is 14.0. The van der Waals surface area contributed by atoms with Gasteiger partial charge in [0, 0.05) is 23.9 Å². The quantitative estimate of drug-likeness (QED) is 0.274. The largest absolute Gasteiger partial charge is 0.488 e. The van der Waals surface area contributed by atoms with Crippen molar-refractivity contribution in [2.45, 2.75) is 6.61 Å². The lowest BCUT2D eigenvalue weighted by molar-refractivity contribution is -0.384. The summed E-state index contributed by atoms with van der Waals surface area (Å²) in [4.78, 5) is 26.4. The van der Waals surface area contributed by atoms with E-state index in [9.17, 15) is 14.9 Å². The van der Waals surface area contributed by atoms with Crippen LogP contribution in [0.3, 0.4) is 0 Å². The third kappa shape index (κ3) is 5.36. The summed E-state index contributed by atoms with van der Waals surface area (Å²) < 4.78 is 5.76. The number of aromatic nitrogens is 1. The Labute approximate surface area is 171 Å². The third-order valence-electron chi connectivity index (χ3n) is 3.81. The molecule has 0 aliphatic rings. The van der Waals surface area contributed by atoms with Gasteiger partial charge in [0.15, 0.2) is 0 Å². The SMILES string of the molecule is O=C(NN=Cc1ccccc1OCc1cccc([N+](=O)[O-])c1)c1cccnc1Cl. The number of non-ortho nitro benzene ring substituents is 1. The first kappa shape index (κ1) is 20.0. The molecule has 0 saturated heterocycles. The fraction of sp³-hybridized carbons (Fsp3) is 0.0500. The number of para-hydroxylation sites is 1. The average Bonchev–Trinajstić information content (AvgIpc) is 2.73. The van der Waals surface area contributed by atoms with E-state index < -0.39 is 10.8 Å². The number of nitro groups is 1. The summed E-state index contributed by atoms with van der Waals surface area (Å²) in [7, 11) is 0. The lowest BCUT2D eigenvalue weighted by Gasteiger charge is -2.09. The Morgan fingerprint density at radius 3 is 2.83 bits per heavy atom. The van der Waals surface area contributed by atoms with E-state index >= 15 is 0 Å². The van der Waals surface area contributed by atoms with Gasteiger partial charge in [0.05, 0.1) is 16.7 Å². The van der Waals surface area contributed by atoms with E-state index in [1.165, 1.54) is 30.6 Å². The normalized spacial score (nSPS) is 10.7. The molecule has 0 unspecified atom stereocenters. The average molecular weight is 411 g/mol. The van der Waals surface area contributed by atoms with Crippen molar-refractivity contribution in [3.63, 3.8) is 0 Å². The van der Waals surface area contributed by atoms with Gasteiger partial charge in [-0.2, -0.15) is 5.10 Å². The van der Waals surface area contributed by atoms with Crippen molar-refractivity contribution in [3.05, 3.63) is 98.8 Å². The number of hydrazone groups is 1. The van der Waals surface area contributed by atoms with Gasteiger partial charge in [-0.25, -0.2) is 10.4 Å². The zero-order valence-electron chi connectivity index (χ0n) is 15.0. The Bertz CT molecular complexity index is 1070. The molecule has 0 spiro atoms. The van der Waals surface area contributed by atoms with E-state index in [0.717, 1.165) is 0 Å². The number of hydrogen-bond donors (Lipinski definition) is 1. The maximum absolute atomic E-state index is 12.1. The molecule has 146 valence electrons. The summed E-state index contributed by atoms with van der Waals surface area (Å²) in [5.41, 5.74) is 3.87. The number of nitrogens with one attached hydrogen (secondary N) is 1. The van der Waals surface area contributed by atoms with Crippen LogP contribution in [0.4, 0.5) is 5.69 Å². The van der Waals surface area contributed by atoms with Crippen LogP contribution >= 0.6 is 11.6 Å². The first-order valence-corrected chi connectivity index (χ1v) is 8.81. The zero-order chi connectivity index (χ0) is 20.6. The number of ether oxygens (including phenoxy) is 1. The summed E-state index contributed by atoms with van der Waals surface area (Å²) in [5.74, 6) is 0.0192. The van der Waals surface area contributed by atoms with Gasteiger partial charge in [0.2, 0.25) is 0 Å². The molecule has 1 amide bonds. The van der Waals surface area contributed by atoms with E-state index in [1.807, 2.05) is 0 Å². The molecule has 29 heavy (non-hydrogen) atoms. The second-order valence-corrected chi connectivity index (χ2v) is 6.15. The van der Waals surface area contributed by atoms with Gasteiger partial charge in [0.25, 0.3) is 11.6 Å². The van der Waals surface area contributed by atoms with E-state index in [0.29, 0.717) is 16.9 Å². The van der Waals surface area contributed by atoms with Crippen LogP contribution in [0.25, 0.3) is 0 Å². The van der Waals surface area contributed by atoms with Crippen LogP contribution in [0.15, 0.2) is 72.0 Å². The van der Waals surface area contributed by atoms with Crippen molar-refractivity contribution in [2.75, 3.05) is 0 Å². The highest BCUT2D eigenvalue weighted by atomic mass is 35.5. The van der Waals surface area contributed by atoms with Crippen molar-refractivity contribution < 1.29 is 14.5 Å². The molecule has 0 aliphatic carbocycles. The predicted octanol–water partition coefficient (Wildman–Crippen LogP) is 3.99. The van der Waals surface area contributed by atoms with Crippen molar-refractivity contribution >= 4 is 29.4 Å². The third-order valence-corrected chi connectivity index (χ3v) is 4.11. The smallest absolute Gasteiger partial charge is 0.274 e. The van der Waals surface area contributed by atoms with Crippen molar-refractivity contribution in [3.8, 4) is 5.75 Å². The molecule has 0 aliphatic heterocycles. The number of rotatable bonds is 7. The van der Waals surface area contributed by atoms with Crippen molar-refractivity contribution in [2.24, 2.45) is 5.10 Å². The minimum atomic E-state index is -0.491. The number of amides is 1. The van der Waals surface area contributed by atoms with Gasteiger partial charge in [-0.3, -0.25) is 14.9 Å². The van der Waals surface area contributed by atoms with Crippen LogP contribution in [-0.4, -0.2) is 22.0 Å². The molecule has 1 aromatic heterocycles. The summed E-state index contributed by atoms with van der Waals surface area (Å²) in [5, 5.41) is 14.9. The Morgan fingerprint density at radius 1 is 1.21 bits per heavy atom. The number of carbonyl (C=O) groups is 1. The maximum Gasteiger partial charge on any atom is 0.274 e. The van der Waals surface area contributed by atoms with Gasteiger partial charge >= 0.3 is 0 Å². The first-order valence-electron chi connectivity index (χ1n) is 8.43. The Hall–Kier alpha value is -3.78. The molecule has 9 heteroatoms. The summed E-state index contributed by atoms with van der Waals surface area (Å²) in [6, 6.07) is 16.4. The van der Waals surface area contributed by atoms with Gasteiger partial charge in [-0.05, 0) is 29.8 Å². The molecule has 1 N–H and O–H groups in total. The Kier molecular flexibility index (Phi) is 6.49. The molecule has 2 aromatic carbocycles. The topological polar surface area (TPSA) is 107 Å². The molecule has 0 fully saturated rings. The van der Waals surface area contributed by atoms with Crippen LogP contribution in [0.2, 0.25) is 5.15 Å². The van der Waals surface area contributed by atoms with Crippen molar-refractivity contribution in [1.29, 1.82) is 0 Å². The molecule has 8 nitrogen and oxygen atoms in total. The predicted molar refractivity (Wildman–Crippen MR) is 108 cm³/mol. The number of nitrogens with zero attached hydrogens (tertiary/aromatic N) is 3. The highest BCUT2D eigenvalue weighted by Gasteiger charge is 2.10. The van der Waals surface area contributed by atoms with E-state index in [4.69, 9.17) is 16.3 Å². The van der Waals surface area contributed by atoms with E-state index in [1.54, 1.807) is 42.5 Å². The molecule has 0 bridgehead atoms. The van der Waals surface area contributed by atoms with Gasteiger partial charge in [-0.15, -0.1) is 0 Å². The number of benzene rings is 2. The van der Waals surface area contributed by atoms with Crippen LogP contribution in [0, 0.1) is 10.1 Å². The fourth-order valence-corrected chi connectivity index (χ4v) is 2.62. The minimum absolute atomic E-state index is 0.00211. The molecule has 3 aromatic rings. The van der Waals surface area contributed by atoms with Crippen LogP contribution in [0.1, 0.15) is 21.5 Å². The van der Waals surface area contributed by atoms with Crippen LogP contribution in [-0.2, 0) is 6.61 Å². The van der Waals surface area contributed by atoms with Gasteiger partial charge < -0.3 is 4.74 Å². The van der Waals surface area contributed by atoms with E-state index in [-0.39, 0.29) is 23.0 Å². The second-order valence-electron chi connectivity index (χ2n) is 5.79. The fourth-order valence-electron chi connectivity index (χ4n) is 2.42. The van der Waals surface area contributed by atoms with E-state index in [2.05, 4.69) is 15.5 Å². The molecule has 3 rings (SSSR count). The number of pyridine rings is 1. The highest BCUT2D eigenvalue weighted by Crippen LogP contribution is 2.19. The monoisotopic (exact) mass is 410 g/mol. The van der Waals surface area contributed by atoms with Gasteiger partial charge in [-0.1, -0.05) is 35.9 Å². The lowest BCUT2D eigenvalue weighted by atomic mass is 10.2. The van der Waals surface area contributed by atoms with Crippen molar-refractivity contribution in [1.82, 2.24) is 10.4 Å². The number of hydrogen-bond acceptors (Lipinski definition) is 6. The summed E-state index contributed by atoms with van der Waals surface area (Å²) in [6.07, 6.45) is 2.92. The Morgan fingerprint density at radius 2 is 2.03 bits per heavy atom. The molecule has 0 radical (unpaired) electrons. The molecular formula is C20H15ClN4O4. The zero-order valence-corrected chi connectivity index (χ0v) is 15.7. The Balaban J connectivity index is 1.67. The number of carbonyl (C=O) groups excluding carboxylic acids is 1. The summed E-state index contributed by atoms with van der Waals surface area (Å²) in [6.45, 7) is 0.143. The minimum Gasteiger partial charge on any atom is -0.488 e. The van der Waals surface area contributed by atoms with Gasteiger partial charge in [0.1, 0.15) is 17.5 Å². The van der Waals surface area contributed by atoms with Crippen LogP contribution in [0.5, 0.6) is 5.75 Å². The van der Waals surface area contributed by atoms with Crippen LogP contribution < -0.4 is 10.2 Å². The number of nitro benzene ring substituents is 1. The standard InChI is InChI=1S/C20H15ClN4O4/c21-19-17(8-4-10-22-19)20(26)24-23-12-15-6-1-2-9-18(15)29-13-14-5-3-7-16(11-14)25(27)28/h1-12H,13H2,(H,24,26). The maximum atomic E-state index is 12.1. The summed E-state index contributed by atoms with van der Waals surface area (Å²) >= 11 is 5.88.